The highest BCUT2D eigenvalue weighted by Gasteiger charge is 2.21. The average molecular weight is 316 g/mol. The third-order valence-electron chi connectivity index (χ3n) is 3.58. The van der Waals surface area contributed by atoms with Gasteiger partial charge in [-0.25, -0.2) is 0 Å². The highest BCUT2D eigenvalue weighted by Crippen LogP contribution is 2.16. The Morgan fingerprint density at radius 3 is 3.14 bits per heavy atom. The lowest BCUT2D eigenvalue weighted by Crippen LogP contribution is -2.34. The summed E-state index contributed by atoms with van der Waals surface area (Å²) < 4.78 is 2.05. The third kappa shape index (κ3) is 3.32. The van der Waals surface area contributed by atoms with E-state index in [1.807, 2.05) is 6.07 Å². The molecule has 3 rings (SSSR count). The van der Waals surface area contributed by atoms with Crippen LogP contribution in [0.1, 0.15) is 23.6 Å². The van der Waals surface area contributed by atoms with Gasteiger partial charge >= 0.3 is 0 Å². The summed E-state index contributed by atoms with van der Waals surface area (Å²) in [4.78, 5) is 13.7. The first-order valence-electron chi connectivity index (χ1n) is 7.04. The lowest BCUT2D eigenvalue weighted by Gasteiger charge is -2.27. The topological polar surface area (TPSA) is 86.8 Å². The molecule has 0 atom stereocenters. The molecule has 3 heterocycles. The fourth-order valence-electron chi connectivity index (χ4n) is 2.49. The summed E-state index contributed by atoms with van der Waals surface area (Å²) in [5, 5.41) is 23.8. The fraction of sp³-hybridized carbons (Fsp3) is 0.429. The van der Waals surface area contributed by atoms with Crippen LogP contribution in [0.15, 0.2) is 16.8 Å². The zero-order chi connectivity index (χ0) is 15.4. The van der Waals surface area contributed by atoms with Crippen molar-refractivity contribution in [3.05, 3.63) is 34.0 Å². The van der Waals surface area contributed by atoms with Crippen LogP contribution in [0.5, 0.6) is 0 Å². The quantitative estimate of drug-likeness (QED) is 0.885. The Morgan fingerprint density at radius 1 is 1.45 bits per heavy atom. The Labute approximate surface area is 132 Å². The molecule has 2 aromatic heterocycles. The van der Waals surface area contributed by atoms with Crippen LogP contribution in [0.25, 0.3) is 0 Å². The third-order valence-corrected chi connectivity index (χ3v) is 4.31. The monoisotopic (exact) mass is 316 g/mol. The van der Waals surface area contributed by atoms with Crippen molar-refractivity contribution in [2.75, 3.05) is 6.54 Å². The van der Waals surface area contributed by atoms with Gasteiger partial charge in [-0.15, -0.1) is 10.2 Å². The van der Waals surface area contributed by atoms with Gasteiger partial charge in [0, 0.05) is 19.6 Å². The molecule has 0 spiro atoms. The van der Waals surface area contributed by atoms with Crippen LogP contribution in [0.2, 0.25) is 0 Å². The van der Waals surface area contributed by atoms with E-state index in [9.17, 15) is 4.79 Å². The van der Waals surface area contributed by atoms with Crippen molar-refractivity contribution < 1.29 is 4.79 Å². The molecule has 2 aromatic rings. The number of carbonyl (C=O) groups is 1. The second-order valence-electron chi connectivity index (χ2n) is 5.14. The minimum atomic E-state index is -0.283. The maximum Gasteiger partial charge on any atom is 0.234 e. The van der Waals surface area contributed by atoms with E-state index in [0.717, 1.165) is 37.8 Å². The first-order chi connectivity index (χ1) is 10.8. The van der Waals surface area contributed by atoms with E-state index in [-0.39, 0.29) is 12.3 Å². The molecule has 1 aliphatic rings. The van der Waals surface area contributed by atoms with Crippen LogP contribution in [0.4, 0.5) is 0 Å². The maximum atomic E-state index is 11.3. The van der Waals surface area contributed by atoms with E-state index in [0.29, 0.717) is 6.54 Å². The predicted molar refractivity (Wildman–Crippen MR) is 80.5 cm³/mol. The largest absolute Gasteiger partial charge is 0.348 e. The first kappa shape index (κ1) is 14.7. The normalized spacial score (nSPS) is 14.3. The standard InChI is InChI=1S/C14H16N6OS/c15-3-1-14(21)16-7-12-17-18-13-9-19(4-5-20(12)13)8-11-2-6-22-10-11/h2,6,10H,1,4-5,7-9H2,(H,16,21). The summed E-state index contributed by atoms with van der Waals surface area (Å²) in [6.45, 7) is 3.74. The van der Waals surface area contributed by atoms with Crippen molar-refractivity contribution in [2.45, 2.75) is 32.6 Å². The molecular weight excluding hydrogens is 300 g/mol. The second kappa shape index (κ2) is 6.68. The van der Waals surface area contributed by atoms with E-state index in [2.05, 4.69) is 41.8 Å². The Balaban J connectivity index is 1.60. The number of hydrogen-bond acceptors (Lipinski definition) is 6. The summed E-state index contributed by atoms with van der Waals surface area (Å²) in [5.41, 5.74) is 1.32. The summed E-state index contributed by atoms with van der Waals surface area (Å²) in [6, 6.07) is 3.96. The molecule has 1 N–H and O–H groups in total. The van der Waals surface area contributed by atoms with Gasteiger partial charge in [-0.2, -0.15) is 16.6 Å². The van der Waals surface area contributed by atoms with E-state index in [1.165, 1.54) is 5.56 Å². The number of aromatic nitrogens is 3. The van der Waals surface area contributed by atoms with Gasteiger partial charge in [0.2, 0.25) is 5.91 Å². The number of nitriles is 1. The van der Waals surface area contributed by atoms with Gasteiger partial charge in [0.25, 0.3) is 0 Å². The Bertz CT molecular complexity index is 687. The van der Waals surface area contributed by atoms with E-state index in [4.69, 9.17) is 5.26 Å². The molecule has 8 heteroatoms. The molecule has 7 nitrogen and oxygen atoms in total. The number of rotatable bonds is 5. The second-order valence-corrected chi connectivity index (χ2v) is 5.92. The molecular formula is C14H16N6OS. The molecule has 0 radical (unpaired) electrons. The van der Waals surface area contributed by atoms with Crippen LogP contribution in [-0.4, -0.2) is 32.1 Å². The Morgan fingerprint density at radius 2 is 2.36 bits per heavy atom. The summed E-state index contributed by atoms with van der Waals surface area (Å²) in [5.74, 6) is 1.39. The molecule has 0 saturated heterocycles. The van der Waals surface area contributed by atoms with Crippen molar-refractivity contribution >= 4 is 17.2 Å². The summed E-state index contributed by atoms with van der Waals surface area (Å²) in [7, 11) is 0. The number of carbonyl (C=O) groups excluding carboxylic acids is 1. The van der Waals surface area contributed by atoms with Gasteiger partial charge in [-0.05, 0) is 22.4 Å². The van der Waals surface area contributed by atoms with E-state index in [1.54, 1.807) is 11.3 Å². The zero-order valence-corrected chi connectivity index (χ0v) is 12.8. The zero-order valence-electron chi connectivity index (χ0n) is 12.0. The van der Waals surface area contributed by atoms with E-state index < -0.39 is 0 Å². The highest BCUT2D eigenvalue weighted by molar-refractivity contribution is 7.07. The van der Waals surface area contributed by atoms with Crippen molar-refractivity contribution in [2.24, 2.45) is 0 Å². The fourth-order valence-corrected chi connectivity index (χ4v) is 3.15. The number of nitrogens with zero attached hydrogens (tertiary/aromatic N) is 5. The van der Waals surface area contributed by atoms with E-state index >= 15 is 0 Å². The average Bonchev–Trinajstić information content (AvgIpc) is 3.15. The minimum absolute atomic E-state index is 0.130. The van der Waals surface area contributed by atoms with Crippen LogP contribution in [0, 0.1) is 11.3 Å². The van der Waals surface area contributed by atoms with Crippen molar-refractivity contribution in [1.29, 1.82) is 5.26 Å². The van der Waals surface area contributed by atoms with Gasteiger partial charge < -0.3 is 9.88 Å². The molecule has 0 bridgehead atoms. The SMILES string of the molecule is N#CCC(=O)NCc1nnc2n1CCN(Cc1ccsc1)C2. The van der Waals surface area contributed by atoms with Crippen LogP contribution < -0.4 is 5.32 Å². The molecule has 0 aliphatic carbocycles. The van der Waals surface area contributed by atoms with Crippen molar-refractivity contribution in [1.82, 2.24) is 25.0 Å². The Kier molecular flexibility index (Phi) is 4.46. The summed E-state index contributed by atoms with van der Waals surface area (Å²) in [6.07, 6.45) is -0.130. The first-order valence-corrected chi connectivity index (χ1v) is 7.98. The number of amides is 1. The van der Waals surface area contributed by atoms with Crippen molar-refractivity contribution in [3.63, 3.8) is 0 Å². The smallest absolute Gasteiger partial charge is 0.234 e. The lowest BCUT2D eigenvalue weighted by molar-refractivity contribution is -0.120. The van der Waals surface area contributed by atoms with Crippen LogP contribution >= 0.6 is 11.3 Å². The maximum absolute atomic E-state index is 11.3. The van der Waals surface area contributed by atoms with Gasteiger partial charge in [0.05, 0.1) is 19.2 Å². The summed E-state index contributed by atoms with van der Waals surface area (Å²) >= 11 is 1.71. The molecule has 22 heavy (non-hydrogen) atoms. The molecule has 0 saturated carbocycles. The number of fused-ring (bicyclic) bond motifs is 1. The molecule has 0 aromatic carbocycles. The van der Waals surface area contributed by atoms with Gasteiger partial charge in [-0.3, -0.25) is 9.69 Å². The number of nitrogens with one attached hydrogen (secondary N) is 1. The van der Waals surface area contributed by atoms with Gasteiger partial charge in [0.15, 0.2) is 5.82 Å². The minimum Gasteiger partial charge on any atom is -0.348 e. The molecule has 0 fully saturated rings. The number of thiophene rings is 1. The van der Waals surface area contributed by atoms with Gasteiger partial charge in [-0.1, -0.05) is 0 Å². The predicted octanol–water partition coefficient (Wildman–Crippen LogP) is 0.885. The van der Waals surface area contributed by atoms with Crippen LogP contribution in [-0.2, 0) is 31.0 Å². The molecule has 1 amide bonds. The Hall–Kier alpha value is -2.24. The molecule has 114 valence electrons. The van der Waals surface area contributed by atoms with Crippen LogP contribution in [0.3, 0.4) is 0 Å². The lowest BCUT2D eigenvalue weighted by atomic mass is 10.2. The van der Waals surface area contributed by atoms with Crippen molar-refractivity contribution in [3.8, 4) is 6.07 Å². The molecule has 1 aliphatic heterocycles. The highest BCUT2D eigenvalue weighted by atomic mass is 32.1. The van der Waals surface area contributed by atoms with Gasteiger partial charge in [0.1, 0.15) is 12.2 Å². The number of hydrogen-bond donors (Lipinski definition) is 1. The molecule has 0 unspecified atom stereocenters.